The Morgan fingerprint density at radius 1 is 1.50 bits per heavy atom. The molecule has 0 atom stereocenters. The molecule has 0 radical (unpaired) electrons. The van der Waals surface area contributed by atoms with Gasteiger partial charge in [0.05, 0.1) is 17.3 Å². The predicted molar refractivity (Wildman–Crippen MR) is 62.5 cm³/mol. The Kier molecular flexibility index (Phi) is 3.77. The molecule has 14 heavy (non-hydrogen) atoms. The molecule has 0 spiro atoms. The van der Waals surface area contributed by atoms with Gasteiger partial charge in [-0.1, -0.05) is 27.8 Å². The fourth-order valence-electron chi connectivity index (χ4n) is 0.966. The van der Waals surface area contributed by atoms with Crippen LogP contribution in [0.3, 0.4) is 0 Å². The van der Waals surface area contributed by atoms with Crippen molar-refractivity contribution < 1.29 is 0 Å². The minimum absolute atomic E-state index is 0.0371. The third kappa shape index (κ3) is 3.19. The van der Waals surface area contributed by atoms with E-state index in [1.54, 1.807) is 0 Å². The van der Waals surface area contributed by atoms with Crippen LogP contribution in [0.4, 0.5) is 0 Å². The van der Waals surface area contributed by atoms with E-state index in [0.29, 0.717) is 0 Å². The first-order valence-corrected chi connectivity index (χ1v) is 5.76. The summed E-state index contributed by atoms with van der Waals surface area (Å²) in [5.74, 6) is 6.14. The second kappa shape index (κ2) is 4.65. The normalized spacial score (nSPS) is 10.9. The van der Waals surface area contributed by atoms with Crippen LogP contribution in [0.1, 0.15) is 32.8 Å². The number of halogens is 1. The molecule has 0 unspecified atom stereocenters. The van der Waals surface area contributed by atoms with Gasteiger partial charge in [-0.3, -0.25) is 4.68 Å². The second-order valence-electron chi connectivity index (χ2n) is 4.09. The molecule has 1 rings (SSSR count). The van der Waals surface area contributed by atoms with E-state index in [0.717, 1.165) is 17.3 Å². The third-order valence-corrected chi connectivity index (χ3v) is 2.12. The molecular weight excluding hydrogens is 240 g/mol. The van der Waals surface area contributed by atoms with Crippen molar-refractivity contribution in [1.29, 1.82) is 0 Å². The van der Waals surface area contributed by atoms with Crippen LogP contribution in [0.25, 0.3) is 0 Å². The second-order valence-corrected chi connectivity index (χ2v) is 4.88. The van der Waals surface area contributed by atoms with E-state index < -0.39 is 0 Å². The van der Waals surface area contributed by atoms with Gasteiger partial charge < -0.3 is 0 Å². The van der Waals surface area contributed by atoms with Gasteiger partial charge in [0.1, 0.15) is 0 Å². The molecule has 1 heterocycles. The maximum absolute atomic E-state index is 4.27. The molecule has 0 aromatic carbocycles. The minimum Gasteiger partial charge on any atom is -0.266 e. The topological polar surface area (TPSA) is 17.8 Å². The molecular formula is C11H15BrN2. The quantitative estimate of drug-likeness (QED) is 0.557. The highest BCUT2D eigenvalue weighted by Gasteiger charge is 2.12. The molecule has 0 amide bonds. The Morgan fingerprint density at radius 2 is 2.21 bits per heavy atom. The third-order valence-electron chi connectivity index (χ3n) is 1.72. The number of hydrogen-bond donors (Lipinski definition) is 0. The van der Waals surface area contributed by atoms with E-state index in [4.69, 9.17) is 0 Å². The summed E-state index contributed by atoms with van der Waals surface area (Å²) >= 11 is 3.34. The summed E-state index contributed by atoms with van der Waals surface area (Å²) in [7, 11) is 0. The van der Waals surface area contributed by atoms with Crippen molar-refractivity contribution in [3.8, 4) is 11.8 Å². The highest BCUT2D eigenvalue weighted by atomic mass is 79.9. The number of nitrogens with zero attached hydrogens (tertiary/aromatic N) is 2. The summed E-state index contributed by atoms with van der Waals surface area (Å²) in [5.41, 5.74) is 1.02. The van der Waals surface area contributed by atoms with E-state index in [1.807, 2.05) is 17.1 Å². The van der Waals surface area contributed by atoms with Gasteiger partial charge in [-0.15, -0.1) is 0 Å². The van der Waals surface area contributed by atoms with Crippen molar-refractivity contribution in [2.75, 3.05) is 5.33 Å². The lowest BCUT2D eigenvalue weighted by molar-refractivity contribution is 0.355. The molecule has 1 aromatic rings. The van der Waals surface area contributed by atoms with Crippen LogP contribution in [-0.2, 0) is 5.54 Å². The largest absolute Gasteiger partial charge is 0.266 e. The zero-order valence-corrected chi connectivity index (χ0v) is 10.4. The van der Waals surface area contributed by atoms with E-state index >= 15 is 0 Å². The van der Waals surface area contributed by atoms with Gasteiger partial charge in [0.25, 0.3) is 0 Å². The number of alkyl halides is 1. The molecule has 3 heteroatoms. The maximum atomic E-state index is 4.27. The van der Waals surface area contributed by atoms with Crippen molar-refractivity contribution in [2.24, 2.45) is 0 Å². The summed E-state index contributed by atoms with van der Waals surface area (Å²) in [4.78, 5) is 0. The first kappa shape index (κ1) is 11.3. The fraction of sp³-hybridized carbons (Fsp3) is 0.545. The number of rotatable bonds is 1. The summed E-state index contributed by atoms with van der Waals surface area (Å²) in [6, 6.07) is 0. The molecule has 1 aromatic heterocycles. The van der Waals surface area contributed by atoms with Crippen molar-refractivity contribution in [2.45, 2.75) is 32.7 Å². The smallest absolute Gasteiger partial charge is 0.0646 e. The Hall–Kier alpha value is -0.750. The molecule has 0 aliphatic rings. The van der Waals surface area contributed by atoms with E-state index in [9.17, 15) is 0 Å². The van der Waals surface area contributed by atoms with Crippen LogP contribution in [0.2, 0.25) is 0 Å². The van der Waals surface area contributed by atoms with Gasteiger partial charge in [0.2, 0.25) is 0 Å². The molecule has 0 N–H and O–H groups in total. The van der Waals surface area contributed by atoms with Gasteiger partial charge in [-0.25, -0.2) is 0 Å². The molecule has 2 nitrogen and oxygen atoms in total. The highest BCUT2D eigenvalue weighted by Crippen LogP contribution is 2.12. The maximum Gasteiger partial charge on any atom is 0.0646 e. The van der Waals surface area contributed by atoms with Crippen molar-refractivity contribution in [1.82, 2.24) is 9.78 Å². The first-order valence-electron chi connectivity index (χ1n) is 4.64. The van der Waals surface area contributed by atoms with Crippen LogP contribution in [0.5, 0.6) is 0 Å². The molecule has 0 fully saturated rings. The zero-order valence-electron chi connectivity index (χ0n) is 8.84. The van der Waals surface area contributed by atoms with Crippen LogP contribution in [-0.4, -0.2) is 15.1 Å². The van der Waals surface area contributed by atoms with Gasteiger partial charge in [0.15, 0.2) is 0 Å². The number of hydrogen-bond acceptors (Lipinski definition) is 1. The molecule has 0 saturated heterocycles. The molecule has 0 saturated carbocycles. The zero-order chi connectivity index (χ0) is 10.6. The average molecular weight is 255 g/mol. The van der Waals surface area contributed by atoms with Crippen LogP contribution in [0.15, 0.2) is 12.4 Å². The number of aromatic nitrogens is 2. The van der Waals surface area contributed by atoms with Crippen molar-refractivity contribution in [3.05, 3.63) is 18.0 Å². The average Bonchev–Trinajstić information content (AvgIpc) is 2.52. The monoisotopic (exact) mass is 254 g/mol. The van der Waals surface area contributed by atoms with Crippen LogP contribution in [0, 0.1) is 11.8 Å². The fourth-order valence-corrected chi connectivity index (χ4v) is 1.16. The van der Waals surface area contributed by atoms with E-state index in [2.05, 4.69) is 53.6 Å². The van der Waals surface area contributed by atoms with Crippen LogP contribution < -0.4 is 0 Å². The Morgan fingerprint density at radius 3 is 2.71 bits per heavy atom. The summed E-state index contributed by atoms with van der Waals surface area (Å²) in [6.07, 6.45) is 4.68. The summed E-state index contributed by atoms with van der Waals surface area (Å²) in [6.45, 7) is 6.36. The summed E-state index contributed by atoms with van der Waals surface area (Å²) in [5, 5.41) is 5.19. The summed E-state index contributed by atoms with van der Waals surface area (Å²) < 4.78 is 1.94. The van der Waals surface area contributed by atoms with Crippen LogP contribution >= 0.6 is 15.9 Å². The van der Waals surface area contributed by atoms with Gasteiger partial charge in [-0.05, 0) is 20.8 Å². The lowest BCUT2D eigenvalue weighted by atomic mass is 10.1. The SMILES string of the molecule is CC(C)(C)n1cc(C#CCCBr)cn1. The van der Waals surface area contributed by atoms with Gasteiger partial charge in [0, 0.05) is 17.9 Å². The van der Waals surface area contributed by atoms with E-state index in [-0.39, 0.29) is 5.54 Å². The first-order chi connectivity index (χ1) is 6.54. The Balaban J connectivity index is 2.75. The molecule has 0 aliphatic carbocycles. The van der Waals surface area contributed by atoms with Gasteiger partial charge in [-0.2, -0.15) is 5.10 Å². The standard InChI is InChI=1S/C11H15BrN2/c1-11(2,3)14-9-10(8-13-14)6-4-5-7-12/h8-9H,5,7H2,1-3H3. The molecule has 76 valence electrons. The van der Waals surface area contributed by atoms with Gasteiger partial charge >= 0.3 is 0 Å². The predicted octanol–water partition coefficient (Wildman–Crippen LogP) is 2.77. The minimum atomic E-state index is 0.0371. The Labute approximate surface area is 93.8 Å². The van der Waals surface area contributed by atoms with E-state index in [1.165, 1.54) is 0 Å². The lowest BCUT2D eigenvalue weighted by Gasteiger charge is -2.18. The van der Waals surface area contributed by atoms with Crippen molar-refractivity contribution >= 4 is 15.9 Å². The van der Waals surface area contributed by atoms with Crippen molar-refractivity contribution in [3.63, 3.8) is 0 Å². The Bertz CT molecular complexity index is 349. The highest BCUT2D eigenvalue weighted by molar-refractivity contribution is 9.09. The lowest BCUT2D eigenvalue weighted by Crippen LogP contribution is -2.21. The molecule has 0 bridgehead atoms. The molecule has 0 aliphatic heterocycles.